The molecule has 4 nitrogen and oxygen atoms in total. The lowest BCUT2D eigenvalue weighted by molar-refractivity contribution is 0.462. The molecule has 1 fully saturated rings. The van der Waals surface area contributed by atoms with E-state index in [0.29, 0.717) is 11.8 Å². The fraction of sp³-hybridized carbons (Fsp3) is 0.391. The summed E-state index contributed by atoms with van der Waals surface area (Å²) in [4.78, 5) is 4.29. The Kier molecular flexibility index (Phi) is 4.73. The van der Waals surface area contributed by atoms with Gasteiger partial charge in [0, 0.05) is 18.0 Å². The first-order chi connectivity index (χ1) is 13.1. The van der Waals surface area contributed by atoms with E-state index in [1.165, 1.54) is 24.0 Å². The average Bonchev–Trinajstić information content (AvgIpc) is 3.43. The van der Waals surface area contributed by atoms with Gasteiger partial charge in [0.05, 0.1) is 17.6 Å². The van der Waals surface area contributed by atoms with E-state index in [9.17, 15) is 0 Å². The minimum atomic E-state index is 0.339. The van der Waals surface area contributed by atoms with Crippen LogP contribution in [0.15, 0.2) is 42.7 Å². The number of aryl methyl sites for hydroxylation is 2. The van der Waals surface area contributed by atoms with Gasteiger partial charge >= 0.3 is 0 Å². The van der Waals surface area contributed by atoms with Crippen molar-refractivity contribution in [2.75, 3.05) is 0 Å². The minimum absolute atomic E-state index is 0.339. The Morgan fingerprint density at radius 2 is 1.93 bits per heavy atom. The molecule has 1 aliphatic carbocycles. The van der Waals surface area contributed by atoms with Crippen LogP contribution < -0.4 is 4.74 Å². The summed E-state index contributed by atoms with van der Waals surface area (Å²) in [7, 11) is 0. The number of rotatable bonds is 6. The lowest BCUT2D eigenvalue weighted by Crippen LogP contribution is -2.06. The second-order valence-corrected chi connectivity index (χ2v) is 7.73. The molecule has 27 heavy (non-hydrogen) atoms. The predicted octanol–water partition coefficient (Wildman–Crippen LogP) is 6.07. The summed E-state index contributed by atoms with van der Waals surface area (Å²) >= 11 is 0. The second kappa shape index (κ2) is 7.18. The molecule has 1 unspecified atom stereocenters. The Balaban J connectivity index is 1.86. The summed E-state index contributed by atoms with van der Waals surface area (Å²) in [5.41, 5.74) is 5.65. The van der Waals surface area contributed by atoms with E-state index in [-0.39, 0.29) is 0 Å². The third-order valence-corrected chi connectivity index (χ3v) is 5.25. The Bertz CT molecular complexity index is 922. The molecule has 1 aliphatic rings. The maximum Gasteiger partial charge on any atom is 0.172 e. The van der Waals surface area contributed by atoms with Crippen LogP contribution in [0.3, 0.4) is 0 Å². The van der Waals surface area contributed by atoms with E-state index < -0.39 is 0 Å². The van der Waals surface area contributed by atoms with Gasteiger partial charge in [0.15, 0.2) is 5.75 Å². The molecular weight excluding hydrogens is 334 g/mol. The van der Waals surface area contributed by atoms with Crippen LogP contribution in [-0.2, 0) is 0 Å². The summed E-state index contributed by atoms with van der Waals surface area (Å²) in [6.45, 7) is 8.67. The molecule has 1 aromatic carbocycles. The summed E-state index contributed by atoms with van der Waals surface area (Å²) in [5.74, 6) is 2.68. The van der Waals surface area contributed by atoms with Crippen molar-refractivity contribution < 1.29 is 4.74 Å². The molecule has 4 heteroatoms. The zero-order valence-corrected chi connectivity index (χ0v) is 16.6. The quantitative estimate of drug-likeness (QED) is 0.535. The Morgan fingerprint density at radius 1 is 1.19 bits per heavy atom. The molecule has 4 rings (SSSR count). The van der Waals surface area contributed by atoms with Gasteiger partial charge in [-0.3, -0.25) is 4.98 Å². The molecule has 0 saturated heterocycles. The molecule has 2 heterocycles. The second-order valence-electron chi connectivity index (χ2n) is 7.73. The van der Waals surface area contributed by atoms with Gasteiger partial charge in [-0.1, -0.05) is 19.9 Å². The van der Waals surface area contributed by atoms with Crippen LogP contribution in [0.5, 0.6) is 11.5 Å². The number of ether oxygens (including phenoxy) is 1. The molecule has 0 radical (unpaired) electrons. The van der Waals surface area contributed by atoms with Crippen molar-refractivity contribution in [1.29, 1.82) is 0 Å². The standard InChI is InChI=1S/C23H27N3O/c1-5-17(4)22-23(27-20-12-15(2)11-16(3)13-20)21(18-8-9-18)25-26(22)19-7-6-10-24-14-19/h6-7,10-14,17-18H,5,8-9H2,1-4H3. The third-order valence-electron chi connectivity index (χ3n) is 5.25. The van der Waals surface area contributed by atoms with Crippen LogP contribution in [0.4, 0.5) is 0 Å². The van der Waals surface area contributed by atoms with E-state index >= 15 is 0 Å². The van der Waals surface area contributed by atoms with E-state index in [0.717, 1.165) is 35.0 Å². The maximum atomic E-state index is 6.52. The van der Waals surface area contributed by atoms with E-state index in [1.807, 2.05) is 16.9 Å². The molecule has 3 aromatic rings. The van der Waals surface area contributed by atoms with Crippen LogP contribution >= 0.6 is 0 Å². The number of nitrogens with zero attached hydrogens (tertiary/aromatic N) is 3. The van der Waals surface area contributed by atoms with Crippen LogP contribution in [0, 0.1) is 13.8 Å². The van der Waals surface area contributed by atoms with Crippen molar-refractivity contribution in [3.05, 3.63) is 65.2 Å². The number of benzene rings is 1. The van der Waals surface area contributed by atoms with Crippen molar-refractivity contribution >= 4 is 0 Å². The molecule has 2 aromatic heterocycles. The van der Waals surface area contributed by atoms with E-state index in [2.05, 4.69) is 56.9 Å². The molecular formula is C23H27N3O. The lowest BCUT2D eigenvalue weighted by Gasteiger charge is -2.16. The lowest BCUT2D eigenvalue weighted by atomic mass is 10.0. The first-order valence-corrected chi connectivity index (χ1v) is 9.86. The number of aromatic nitrogens is 3. The van der Waals surface area contributed by atoms with Gasteiger partial charge < -0.3 is 4.74 Å². The van der Waals surface area contributed by atoms with Crippen molar-refractivity contribution in [2.45, 2.75) is 58.8 Å². The fourth-order valence-corrected chi connectivity index (χ4v) is 3.57. The number of hydrogen-bond donors (Lipinski definition) is 0. The van der Waals surface area contributed by atoms with Crippen LogP contribution in [0.1, 0.15) is 67.5 Å². The summed E-state index contributed by atoms with van der Waals surface area (Å²) in [5, 5.41) is 5.00. The minimum Gasteiger partial charge on any atom is -0.453 e. The summed E-state index contributed by atoms with van der Waals surface area (Å²) in [6, 6.07) is 10.4. The van der Waals surface area contributed by atoms with E-state index in [1.54, 1.807) is 6.20 Å². The van der Waals surface area contributed by atoms with Gasteiger partial charge in [-0.25, -0.2) is 4.68 Å². The van der Waals surface area contributed by atoms with Crippen molar-refractivity contribution in [1.82, 2.24) is 14.8 Å². The Labute approximate surface area is 161 Å². The molecule has 0 bridgehead atoms. The molecule has 0 spiro atoms. The van der Waals surface area contributed by atoms with Gasteiger partial charge in [0.2, 0.25) is 0 Å². The molecule has 1 atom stereocenters. The van der Waals surface area contributed by atoms with Crippen molar-refractivity contribution in [3.63, 3.8) is 0 Å². The fourth-order valence-electron chi connectivity index (χ4n) is 3.57. The monoisotopic (exact) mass is 361 g/mol. The first kappa shape index (κ1) is 17.8. The van der Waals surface area contributed by atoms with Crippen molar-refractivity contribution in [3.8, 4) is 17.2 Å². The molecule has 140 valence electrons. The first-order valence-electron chi connectivity index (χ1n) is 9.86. The van der Waals surface area contributed by atoms with Crippen LogP contribution in [0.25, 0.3) is 5.69 Å². The SMILES string of the molecule is CCC(C)c1c(Oc2cc(C)cc(C)c2)c(C2CC2)nn1-c1cccnc1. The van der Waals surface area contributed by atoms with Gasteiger partial charge in [0.25, 0.3) is 0 Å². The normalized spacial score (nSPS) is 15.0. The Morgan fingerprint density at radius 3 is 2.52 bits per heavy atom. The van der Waals surface area contributed by atoms with Crippen LogP contribution in [-0.4, -0.2) is 14.8 Å². The molecule has 0 aliphatic heterocycles. The van der Waals surface area contributed by atoms with Crippen LogP contribution in [0.2, 0.25) is 0 Å². The van der Waals surface area contributed by atoms with Gasteiger partial charge in [-0.15, -0.1) is 0 Å². The summed E-state index contributed by atoms with van der Waals surface area (Å²) < 4.78 is 8.57. The van der Waals surface area contributed by atoms with E-state index in [4.69, 9.17) is 9.84 Å². The number of hydrogen-bond acceptors (Lipinski definition) is 3. The summed E-state index contributed by atoms with van der Waals surface area (Å²) in [6.07, 6.45) is 7.07. The largest absolute Gasteiger partial charge is 0.453 e. The van der Waals surface area contributed by atoms with Gasteiger partial charge in [-0.2, -0.15) is 5.10 Å². The highest BCUT2D eigenvalue weighted by atomic mass is 16.5. The highest BCUT2D eigenvalue weighted by molar-refractivity contribution is 5.48. The third kappa shape index (κ3) is 3.61. The maximum absolute atomic E-state index is 6.52. The van der Waals surface area contributed by atoms with Gasteiger partial charge in [0.1, 0.15) is 11.4 Å². The topological polar surface area (TPSA) is 39.9 Å². The zero-order valence-electron chi connectivity index (χ0n) is 16.6. The highest BCUT2D eigenvalue weighted by Crippen LogP contribution is 2.48. The Hall–Kier alpha value is -2.62. The average molecular weight is 361 g/mol. The highest BCUT2D eigenvalue weighted by Gasteiger charge is 2.34. The molecule has 0 amide bonds. The zero-order chi connectivity index (χ0) is 19.0. The number of pyridine rings is 1. The molecule has 0 N–H and O–H groups in total. The van der Waals surface area contributed by atoms with Crippen molar-refractivity contribution in [2.24, 2.45) is 0 Å². The predicted molar refractivity (Wildman–Crippen MR) is 108 cm³/mol. The van der Waals surface area contributed by atoms with Gasteiger partial charge in [-0.05, 0) is 68.5 Å². The molecule has 1 saturated carbocycles. The smallest absolute Gasteiger partial charge is 0.172 e.